The van der Waals surface area contributed by atoms with E-state index >= 15 is 0 Å². The molecule has 0 saturated carbocycles. The van der Waals surface area contributed by atoms with Crippen molar-refractivity contribution in [2.45, 2.75) is 32.4 Å². The minimum atomic E-state index is 0.0914. The molecule has 4 heteroatoms. The quantitative estimate of drug-likeness (QED) is 0.706. The molecule has 0 fully saturated rings. The molecule has 2 unspecified atom stereocenters. The van der Waals surface area contributed by atoms with Gasteiger partial charge in [0.15, 0.2) is 0 Å². The van der Waals surface area contributed by atoms with Gasteiger partial charge in [-0.15, -0.1) is 0 Å². The van der Waals surface area contributed by atoms with E-state index in [0.29, 0.717) is 0 Å². The minimum Gasteiger partial charge on any atom is -0.497 e. The predicted molar refractivity (Wildman–Crippen MR) is 83.1 cm³/mol. The highest BCUT2D eigenvalue weighted by Gasteiger charge is 2.23. The summed E-state index contributed by atoms with van der Waals surface area (Å²) in [5.74, 6) is 0.869. The number of hydrogen-bond donors (Lipinski definition) is 1. The molecule has 1 rings (SSSR count). The summed E-state index contributed by atoms with van der Waals surface area (Å²) in [7, 11) is 3.78. The summed E-state index contributed by atoms with van der Waals surface area (Å²) in [5, 5.41) is 0. The van der Waals surface area contributed by atoms with E-state index in [-0.39, 0.29) is 12.1 Å². The van der Waals surface area contributed by atoms with Crippen LogP contribution in [0, 0.1) is 0 Å². The van der Waals surface area contributed by atoms with Crippen molar-refractivity contribution in [2.24, 2.45) is 5.73 Å². The maximum atomic E-state index is 6.32. The number of likely N-dealkylation sites (N-methyl/N-ethyl adjacent to an activating group) is 1. The Kier molecular flexibility index (Phi) is 7.59. The maximum absolute atomic E-state index is 6.32. The van der Waals surface area contributed by atoms with Crippen LogP contribution >= 0.6 is 0 Å². The van der Waals surface area contributed by atoms with Crippen molar-refractivity contribution in [2.75, 3.05) is 33.9 Å². The molecule has 4 nitrogen and oxygen atoms in total. The fraction of sp³-hybridized carbons (Fsp3) is 0.625. The largest absolute Gasteiger partial charge is 0.497 e. The Labute approximate surface area is 122 Å². The zero-order valence-corrected chi connectivity index (χ0v) is 13.1. The zero-order valence-electron chi connectivity index (χ0n) is 13.1. The number of nitrogens with zero attached hydrogens (tertiary/aromatic N) is 1. The lowest BCUT2D eigenvalue weighted by Gasteiger charge is -2.32. The van der Waals surface area contributed by atoms with E-state index in [1.54, 1.807) is 7.11 Å². The first-order valence-electron chi connectivity index (χ1n) is 7.31. The molecule has 0 aliphatic heterocycles. The molecular formula is C16H28N2O2. The van der Waals surface area contributed by atoms with Crippen LogP contribution in [-0.2, 0) is 4.74 Å². The minimum absolute atomic E-state index is 0.0914. The molecule has 20 heavy (non-hydrogen) atoms. The number of ether oxygens (including phenoxy) is 2. The Balaban J connectivity index is 2.87. The lowest BCUT2D eigenvalue weighted by Crippen LogP contribution is -2.40. The van der Waals surface area contributed by atoms with Crippen molar-refractivity contribution in [1.29, 1.82) is 0 Å². The lowest BCUT2D eigenvalue weighted by atomic mass is 9.96. The van der Waals surface area contributed by atoms with Gasteiger partial charge in [0, 0.05) is 25.2 Å². The second-order valence-electron chi connectivity index (χ2n) is 4.97. The molecule has 0 amide bonds. The fourth-order valence-electron chi connectivity index (χ4n) is 2.37. The van der Waals surface area contributed by atoms with Crippen LogP contribution in [0.5, 0.6) is 5.75 Å². The van der Waals surface area contributed by atoms with Crippen LogP contribution in [0.1, 0.15) is 31.9 Å². The third-order valence-corrected chi connectivity index (χ3v) is 3.58. The third-order valence-electron chi connectivity index (χ3n) is 3.58. The molecule has 0 aromatic heterocycles. The van der Waals surface area contributed by atoms with Gasteiger partial charge in [-0.2, -0.15) is 0 Å². The SMILES string of the molecule is CCOCCN(C)C(c1cccc(OC)c1)C(N)CC. The Morgan fingerprint density at radius 3 is 2.65 bits per heavy atom. The number of benzene rings is 1. The Morgan fingerprint density at radius 1 is 1.30 bits per heavy atom. The number of nitrogens with two attached hydrogens (primary N) is 1. The molecule has 0 aliphatic carbocycles. The van der Waals surface area contributed by atoms with Crippen molar-refractivity contribution >= 4 is 0 Å². The normalized spacial score (nSPS) is 14.3. The Morgan fingerprint density at radius 2 is 2.05 bits per heavy atom. The second-order valence-corrected chi connectivity index (χ2v) is 4.97. The summed E-state index contributed by atoms with van der Waals surface area (Å²) < 4.78 is 10.8. The van der Waals surface area contributed by atoms with Gasteiger partial charge in [0.25, 0.3) is 0 Å². The molecule has 0 spiro atoms. The van der Waals surface area contributed by atoms with Crippen LogP contribution in [0.15, 0.2) is 24.3 Å². The van der Waals surface area contributed by atoms with Gasteiger partial charge in [0.05, 0.1) is 13.7 Å². The summed E-state index contributed by atoms with van der Waals surface area (Å²) in [5.41, 5.74) is 7.51. The van der Waals surface area contributed by atoms with Crippen molar-refractivity contribution in [1.82, 2.24) is 4.90 Å². The molecule has 0 radical (unpaired) electrons. The molecule has 114 valence electrons. The third kappa shape index (κ3) is 4.78. The molecular weight excluding hydrogens is 252 g/mol. The first kappa shape index (κ1) is 17.0. The van der Waals surface area contributed by atoms with Gasteiger partial charge in [-0.25, -0.2) is 0 Å². The highest BCUT2D eigenvalue weighted by atomic mass is 16.5. The highest BCUT2D eigenvalue weighted by molar-refractivity contribution is 5.31. The molecule has 1 aromatic rings. The first-order valence-corrected chi connectivity index (χ1v) is 7.31. The smallest absolute Gasteiger partial charge is 0.119 e. The number of methoxy groups -OCH3 is 1. The van der Waals surface area contributed by atoms with Gasteiger partial charge >= 0.3 is 0 Å². The topological polar surface area (TPSA) is 47.7 Å². The van der Waals surface area contributed by atoms with Gasteiger partial charge in [-0.1, -0.05) is 19.1 Å². The summed E-state index contributed by atoms with van der Waals surface area (Å²) in [6, 6.07) is 8.42. The van der Waals surface area contributed by atoms with E-state index in [2.05, 4.69) is 31.0 Å². The van der Waals surface area contributed by atoms with Crippen LogP contribution in [0.4, 0.5) is 0 Å². The Bertz CT molecular complexity index is 384. The van der Waals surface area contributed by atoms with Crippen LogP contribution in [0.3, 0.4) is 0 Å². The van der Waals surface area contributed by atoms with E-state index in [4.69, 9.17) is 15.2 Å². The molecule has 0 bridgehead atoms. The average Bonchev–Trinajstić information content (AvgIpc) is 2.47. The molecule has 0 aliphatic rings. The molecule has 0 heterocycles. The molecule has 2 atom stereocenters. The van der Waals surface area contributed by atoms with E-state index < -0.39 is 0 Å². The Hall–Kier alpha value is -1.10. The van der Waals surface area contributed by atoms with Gasteiger partial charge < -0.3 is 15.2 Å². The van der Waals surface area contributed by atoms with Crippen molar-refractivity contribution < 1.29 is 9.47 Å². The summed E-state index contributed by atoms with van der Waals surface area (Å²) in [4.78, 5) is 2.26. The van der Waals surface area contributed by atoms with Crippen molar-refractivity contribution in [3.63, 3.8) is 0 Å². The highest BCUT2D eigenvalue weighted by Crippen LogP contribution is 2.26. The van der Waals surface area contributed by atoms with E-state index in [1.807, 2.05) is 19.1 Å². The standard InChI is InChI=1S/C16H28N2O2/c1-5-15(17)16(18(3)10-11-20-6-2)13-8-7-9-14(12-13)19-4/h7-9,12,15-16H,5-6,10-11,17H2,1-4H3. The monoisotopic (exact) mass is 280 g/mol. The lowest BCUT2D eigenvalue weighted by molar-refractivity contribution is 0.100. The fourth-order valence-corrected chi connectivity index (χ4v) is 2.37. The van der Waals surface area contributed by atoms with Crippen molar-refractivity contribution in [3.05, 3.63) is 29.8 Å². The van der Waals surface area contributed by atoms with E-state index in [1.165, 1.54) is 5.56 Å². The molecule has 0 saturated heterocycles. The zero-order chi connectivity index (χ0) is 15.0. The number of rotatable bonds is 9. The summed E-state index contributed by atoms with van der Waals surface area (Å²) in [6.45, 7) is 6.47. The average molecular weight is 280 g/mol. The van der Waals surface area contributed by atoms with Crippen molar-refractivity contribution in [3.8, 4) is 5.75 Å². The van der Waals surface area contributed by atoms with Gasteiger partial charge in [0.2, 0.25) is 0 Å². The molecule has 2 N–H and O–H groups in total. The summed E-state index contributed by atoms with van der Waals surface area (Å²) in [6.07, 6.45) is 0.931. The second kappa shape index (κ2) is 8.95. The predicted octanol–water partition coefficient (Wildman–Crippen LogP) is 2.44. The van der Waals surface area contributed by atoms with Gasteiger partial charge in [0.1, 0.15) is 5.75 Å². The van der Waals surface area contributed by atoms with Gasteiger partial charge in [-0.05, 0) is 38.1 Å². The van der Waals surface area contributed by atoms with Crippen LogP contribution in [-0.4, -0.2) is 44.9 Å². The summed E-state index contributed by atoms with van der Waals surface area (Å²) >= 11 is 0. The van der Waals surface area contributed by atoms with Crippen LogP contribution < -0.4 is 10.5 Å². The van der Waals surface area contributed by atoms with Crippen LogP contribution in [0.2, 0.25) is 0 Å². The number of hydrogen-bond acceptors (Lipinski definition) is 4. The van der Waals surface area contributed by atoms with E-state index in [0.717, 1.165) is 31.9 Å². The first-order chi connectivity index (χ1) is 9.63. The van der Waals surface area contributed by atoms with Crippen LogP contribution in [0.25, 0.3) is 0 Å². The van der Waals surface area contributed by atoms with E-state index in [9.17, 15) is 0 Å². The molecule has 1 aromatic carbocycles. The van der Waals surface area contributed by atoms with Gasteiger partial charge in [-0.3, -0.25) is 4.90 Å². The maximum Gasteiger partial charge on any atom is 0.119 e.